The van der Waals surface area contributed by atoms with Gasteiger partial charge in [-0.2, -0.15) is 5.10 Å². The molecular formula is C24H25N5O4S. The van der Waals surface area contributed by atoms with Crippen molar-refractivity contribution in [3.8, 4) is 17.2 Å². The third-order valence-electron chi connectivity index (χ3n) is 6.03. The number of oxazole rings is 1. The summed E-state index contributed by atoms with van der Waals surface area (Å²) in [4.78, 5) is 17.2. The van der Waals surface area contributed by atoms with Crippen LogP contribution in [0.1, 0.15) is 34.9 Å². The molecule has 9 nitrogen and oxygen atoms in total. The van der Waals surface area contributed by atoms with Gasteiger partial charge in [0.25, 0.3) is 5.91 Å². The maximum atomic E-state index is 12.9. The molecule has 176 valence electrons. The monoisotopic (exact) mass is 479 g/mol. The van der Waals surface area contributed by atoms with Crippen molar-refractivity contribution in [2.24, 2.45) is 0 Å². The zero-order chi connectivity index (χ0) is 23.9. The van der Waals surface area contributed by atoms with E-state index < -0.39 is 15.6 Å². The van der Waals surface area contributed by atoms with Crippen LogP contribution in [0.5, 0.6) is 5.75 Å². The summed E-state index contributed by atoms with van der Waals surface area (Å²) in [5.41, 5.74) is 3.26. The lowest BCUT2D eigenvalue weighted by Crippen LogP contribution is -2.24. The summed E-state index contributed by atoms with van der Waals surface area (Å²) in [7, 11) is -0.918. The van der Waals surface area contributed by atoms with E-state index in [1.54, 1.807) is 6.07 Å². The van der Waals surface area contributed by atoms with Gasteiger partial charge in [0.15, 0.2) is 5.69 Å². The van der Waals surface area contributed by atoms with Gasteiger partial charge in [0.1, 0.15) is 12.0 Å². The first-order valence-corrected chi connectivity index (χ1v) is 12.9. The van der Waals surface area contributed by atoms with Crippen LogP contribution < -0.4 is 10.1 Å². The Bertz CT molecular complexity index is 1470. The number of anilines is 1. The minimum absolute atomic E-state index is 0.103. The van der Waals surface area contributed by atoms with Crippen molar-refractivity contribution in [3.05, 3.63) is 60.1 Å². The van der Waals surface area contributed by atoms with Gasteiger partial charge >= 0.3 is 0 Å². The summed E-state index contributed by atoms with van der Waals surface area (Å²) < 4.78 is 32.6. The van der Waals surface area contributed by atoms with Crippen LogP contribution in [0, 0.1) is 11.7 Å². The fourth-order valence-corrected chi connectivity index (χ4v) is 5.67. The van der Waals surface area contributed by atoms with E-state index in [0.29, 0.717) is 41.7 Å². The second-order valence-corrected chi connectivity index (χ2v) is 11.0. The van der Waals surface area contributed by atoms with E-state index in [-0.39, 0.29) is 11.7 Å². The minimum Gasteiger partial charge on any atom is -0.494 e. The normalized spacial score (nSPS) is 20.4. The molecule has 1 fully saturated rings. The summed E-state index contributed by atoms with van der Waals surface area (Å²) in [5.74, 6) is 1.22. The quantitative estimate of drug-likeness (QED) is 0.430. The fourth-order valence-electron chi connectivity index (χ4n) is 4.16. The number of fused-ring (bicyclic) bond motifs is 1. The molecule has 0 saturated carbocycles. The lowest BCUT2D eigenvalue weighted by atomic mass is 10.1. The lowest BCUT2D eigenvalue weighted by molar-refractivity contribution is 0.102. The number of aryl methyl sites for hydroxylation is 1. The van der Waals surface area contributed by atoms with E-state index >= 15 is 0 Å². The van der Waals surface area contributed by atoms with Crippen LogP contribution in [-0.2, 0) is 9.73 Å². The zero-order valence-corrected chi connectivity index (χ0v) is 19.7. The van der Waals surface area contributed by atoms with Crippen molar-refractivity contribution in [3.63, 3.8) is 0 Å². The molecule has 4 aromatic rings. The standard InChI is InChI=1S/C24H25N5O4S/c1-15-4-3-5-16(10-15)24-27-21(14-33-24)23(30)26-20-11-17-13-29(28-19(17)12-22(20)32-2)18-6-8-34(25,31)9-7-18/h3-5,10-14,18,25H,6-9H2,1-2H3,(H,26,30). The molecule has 0 spiro atoms. The first-order chi connectivity index (χ1) is 16.3. The molecule has 0 atom stereocenters. The van der Waals surface area contributed by atoms with Crippen molar-refractivity contribution in [2.75, 3.05) is 23.9 Å². The molecule has 0 bridgehead atoms. The van der Waals surface area contributed by atoms with E-state index in [9.17, 15) is 9.00 Å². The van der Waals surface area contributed by atoms with Crippen LogP contribution in [0.4, 0.5) is 5.69 Å². The number of nitrogens with zero attached hydrogens (tertiary/aromatic N) is 3. The predicted molar refractivity (Wildman–Crippen MR) is 130 cm³/mol. The zero-order valence-electron chi connectivity index (χ0n) is 18.9. The summed E-state index contributed by atoms with van der Waals surface area (Å²) in [6.45, 7) is 1.98. The maximum absolute atomic E-state index is 12.9. The van der Waals surface area contributed by atoms with Gasteiger partial charge in [-0.3, -0.25) is 14.3 Å². The van der Waals surface area contributed by atoms with Crippen LogP contribution in [0.2, 0.25) is 0 Å². The third kappa shape index (κ3) is 4.41. The Morgan fingerprint density at radius 2 is 2.06 bits per heavy atom. The van der Waals surface area contributed by atoms with Crippen molar-refractivity contribution in [1.82, 2.24) is 14.8 Å². The number of amides is 1. The molecule has 2 aromatic heterocycles. The molecule has 1 saturated heterocycles. The summed E-state index contributed by atoms with van der Waals surface area (Å²) in [6, 6.07) is 11.4. The molecule has 0 unspecified atom stereocenters. The molecule has 1 amide bonds. The summed E-state index contributed by atoms with van der Waals surface area (Å²) >= 11 is 0. The number of hydrogen-bond acceptors (Lipinski definition) is 7. The third-order valence-corrected chi connectivity index (χ3v) is 7.82. The number of ether oxygens (including phenoxy) is 1. The smallest absolute Gasteiger partial charge is 0.277 e. The van der Waals surface area contributed by atoms with Gasteiger partial charge in [-0.1, -0.05) is 17.7 Å². The highest BCUT2D eigenvalue weighted by molar-refractivity contribution is 7.92. The predicted octanol–water partition coefficient (Wildman–Crippen LogP) is 4.64. The number of carbonyl (C=O) groups is 1. The molecule has 0 aliphatic carbocycles. The Morgan fingerprint density at radius 1 is 1.26 bits per heavy atom. The van der Waals surface area contributed by atoms with E-state index in [1.165, 1.54) is 13.4 Å². The number of hydrogen-bond donors (Lipinski definition) is 2. The Kier molecular flexibility index (Phi) is 5.60. The van der Waals surface area contributed by atoms with Crippen molar-refractivity contribution >= 4 is 32.2 Å². The highest BCUT2D eigenvalue weighted by Gasteiger charge is 2.24. The van der Waals surface area contributed by atoms with Gasteiger partial charge in [-0.25, -0.2) is 9.19 Å². The van der Waals surface area contributed by atoms with Gasteiger partial charge in [-0.15, -0.1) is 0 Å². The Labute approximate surface area is 197 Å². The lowest BCUT2D eigenvalue weighted by Gasteiger charge is -2.23. The second-order valence-electron chi connectivity index (χ2n) is 8.53. The Morgan fingerprint density at radius 3 is 2.79 bits per heavy atom. The van der Waals surface area contributed by atoms with Gasteiger partial charge in [0.2, 0.25) is 5.89 Å². The average Bonchev–Trinajstić information content (AvgIpc) is 3.46. The molecule has 5 rings (SSSR count). The number of rotatable bonds is 5. The minimum atomic E-state index is -2.45. The first kappa shape index (κ1) is 22.1. The van der Waals surface area contributed by atoms with E-state index in [0.717, 1.165) is 22.0 Å². The van der Waals surface area contributed by atoms with Crippen LogP contribution in [0.25, 0.3) is 22.4 Å². The highest BCUT2D eigenvalue weighted by atomic mass is 32.2. The fraction of sp³-hybridized carbons (Fsp3) is 0.292. The Hall–Kier alpha value is -3.66. The molecule has 34 heavy (non-hydrogen) atoms. The van der Waals surface area contributed by atoms with Gasteiger partial charge < -0.3 is 14.5 Å². The molecule has 1 aliphatic heterocycles. The molecule has 10 heteroatoms. The topological polar surface area (TPSA) is 123 Å². The first-order valence-electron chi connectivity index (χ1n) is 11.0. The Balaban J connectivity index is 1.38. The summed E-state index contributed by atoms with van der Waals surface area (Å²) in [5, 5.41) is 8.36. The number of nitrogens with one attached hydrogen (secondary N) is 2. The number of aromatic nitrogens is 3. The van der Waals surface area contributed by atoms with E-state index in [2.05, 4.69) is 15.4 Å². The SMILES string of the molecule is COc1cc2nn(C3CCS(=N)(=O)CC3)cc2cc1NC(=O)c1coc(-c2cccc(C)c2)n1. The van der Waals surface area contributed by atoms with E-state index in [4.69, 9.17) is 13.9 Å². The maximum Gasteiger partial charge on any atom is 0.277 e. The molecule has 2 N–H and O–H groups in total. The van der Waals surface area contributed by atoms with Crippen LogP contribution in [0.15, 0.2) is 53.3 Å². The van der Waals surface area contributed by atoms with Crippen LogP contribution >= 0.6 is 0 Å². The van der Waals surface area contributed by atoms with Crippen molar-refractivity contribution < 1.29 is 18.2 Å². The van der Waals surface area contributed by atoms with Crippen LogP contribution in [0.3, 0.4) is 0 Å². The molecule has 0 radical (unpaired) electrons. The molecular weight excluding hydrogens is 454 g/mol. The molecule has 3 heterocycles. The molecule has 1 aliphatic rings. The highest BCUT2D eigenvalue weighted by Crippen LogP contribution is 2.32. The van der Waals surface area contributed by atoms with Crippen molar-refractivity contribution in [1.29, 1.82) is 4.78 Å². The number of methoxy groups -OCH3 is 1. The van der Waals surface area contributed by atoms with Gasteiger partial charge in [-0.05, 0) is 38.0 Å². The van der Waals surface area contributed by atoms with Crippen molar-refractivity contribution in [2.45, 2.75) is 25.8 Å². The van der Waals surface area contributed by atoms with E-state index in [1.807, 2.05) is 48.1 Å². The van der Waals surface area contributed by atoms with Gasteiger partial charge in [0, 0.05) is 44.4 Å². The average molecular weight is 480 g/mol. The number of carbonyl (C=O) groups excluding carboxylic acids is 1. The number of benzene rings is 2. The van der Waals surface area contributed by atoms with Gasteiger partial charge in [0.05, 0.1) is 24.4 Å². The summed E-state index contributed by atoms with van der Waals surface area (Å²) in [6.07, 6.45) is 4.57. The second kappa shape index (κ2) is 8.60. The van der Waals surface area contributed by atoms with Crippen LogP contribution in [-0.4, -0.2) is 43.5 Å². The molecule has 2 aromatic carbocycles. The largest absolute Gasteiger partial charge is 0.494 e.